The number of hydrogen-bond donors (Lipinski definition) is 2. The molecule has 7 nitrogen and oxygen atoms in total. The molecule has 0 aliphatic heterocycles. The Labute approximate surface area is 182 Å². The van der Waals surface area contributed by atoms with Crippen molar-refractivity contribution in [2.24, 2.45) is 0 Å². The van der Waals surface area contributed by atoms with Crippen LogP contribution in [0.3, 0.4) is 0 Å². The highest BCUT2D eigenvalue weighted by atomic mass is 35.5. The number of nitrogens with one attached hydrogen (secondary N) is 2. The number of ether oxygens (including phenoxy) is 1. The summed E-state index contributed by atoms with van der Waals surface area (Å²) in [5, 5.41) is 5.93. The molecule has 31 heavy (non-hydrogen) atoms. The number of fused-ring (bicyclic) bond motifs is 1. The van der Waals surface area contributed by atoms with E-state index in [4.69, 9.17) is 16.3 Å². The lowest BCUT2D eigenvalue weighted by atomic mass is 9.71. The monoisotopic (exact) mass is 450 g/mol. The number of carbonyl (C=O) groups excluding carboxylic acids is 2. The van der Waals surface area contributed by atoms with Gasteiger partial charge in [0.2, 0.25) is 0 Å². The van der Waals surface area contributed by atoms with Crippen LogP contribution in [0.25, 0.3) is 0 Å². The van der Waals surface area contributed by atoms with Crippen LogP contribution in [0.5, 0.6) is 5.75 Å². The SMILES string of the molecule is CC(F)c1cnc(C(=O)NC23CCC(NC(=O)COc4ccc(Cl)c(F)c4)(C2)C3)cn1. The molecule has 3 aliphatic rings. The molecule has 10 heteroatoms. The maximum Gasteiger partial charge on any atom is 0.271 e. The molecule has 1 aromatic heterocycles. The molecule has 0 radical (unpaired) electrons. The van der Waals surface area contributed by atoms with E-state index in [1.165, 1.54) is 31.5 Å². The van der Waals surface area contributed by atoms with Crippen LogP contribution in [0, 0.1) is 5.82 Å². The minimum Gasteiger partial charge on any atom is -0.484 e. The van der Waals surface area contributed by atoms with Crippen molar-refractivity contribution in [3.63, 3.8) is 0 Å². The molecule has 164 valence electrons. The van der Waals surface area contributed by atoms with Crippen molar-refractivity contribution < 1.29 is 23.1 Å². The summed E-state index contributed by atoms with van der Waals surface area (Å²) in [6.45, 7) is 1.10. The number of alkyl halides is 1. The van der Waals surface area contributed by atoms with Gasteiger partial charge in [-0.15, -0.1) is 0 Å². The van der Waals surface area contributed by atoms with Crippen LogP contribution in [0.4, 0.5) is 8.78 Å². The third-order valence-electron chi connectivity index (χ3n) is 5.79. The zero-order valence-corrected chi connectivity index (χ0v) is 17.5. The van der Waals surface area contributed by atoms with Gasteiger partial charge in [-0.05, 0) is 44.7 Å². The normalized spacial score (nSPS) is 24.8. The van der Waals surface area contributed by atoms with Crippen LogP contribution in [0.2, 0.25) is 5.02 Å². The zero-order valence-electron chi connectivity index (χ0n) is 16.8. The molecule has 1 atom stereocenters. The van der Waals surface area contributed by atoms with Crippen molar-refractivity contribution >= 4 is 23.4 Å². The van der Waals surface area contributed by atoms with E-state index in [9.17, 15) is 18.4 Å². The van der Waals surface area contributed by atoms with Crippen molar-refractivity contribution in [3.05, 3.63) is 52.8 Å². The van der Waals surface area contributed by atoms with Crippen molar-refractivity contribution in [3.8, 4) is 5.75 Å². The Morgan fingerprint density at radius 2 is 1.90 bits per heavy atom. The first-order chi connectivity index (χ1) is 14.7. The molecule has 2 amide bonds. The van der Waals surface area contributed by atoms with Gasteiger partial charge in [0.25, 0.3) is 11.8 Å². The van der Waals surface area contributed by atoms with Gasteiger partial charge in [0, 0.05) is 17.1 Å². The Hall–Kier alpha value is -2.81. The molecular weight excluding hydrogens is 430 g/mol. The van der Waals surface area contributed by atoms with Gasteiger partial charge in [-0.1, -0.05) is 11.6 Å². The summed E-state index contributed by atoms with van der Waals surface area (Å²) in [4.78, 5) is 32.7. The Morgan fingerprint density at radius 3 is 2.52 bits per heavy atom. The fourth-order valence-electron chi connectivity index (χ4n) is 4.39. The molecule has 1 unspecified atom stereocenters. The molecule has 3 saturated carbocycles. The van der Waals surface area contributed by atoms with Crippen LogP contribution < -0.4 is 15.4 Å². The summed E-state index contributed by atoms with van der Waals surface area (Å²) in [6, 6.07) is 3.97. The molecule has 2 aromatic rings. The van der Waals surface area contributed by atoms with Crippen molar-refractivity contribution in [2.75, 3.05) is 6.61 Å². The van der Waals surface area contributed by atoms with E-state index in [2.05, 4.69) is 20.6 Å². The minimum atomic E-state index is -1.25. The van der Waals surface area contributed by atoms with Gasteiger partial charge in [0.05, 0.1) is 23.1 Å². The summed E-state index contributed by atoms with van der Waals surface area (Å²) < 4.78 is 32.0. The molecule has 2 N–H and O–H groups in total. The lowest BCUT2D eigenvalue weighted by Crippen LogP contribution is -2.65. The van der Waals surface area contributed by atoms with E-state index in [0.29, 0.717) is 12.8 Å². The van der Waals surface area contributed by atoms with E-state index < -0.39 is 23.1 Å². The zero-order chi connectivity index (χ0) is 22.2. The summed E-state index contributed by atoms with van der Waals surface area (Å²) in [7, 11) is 0. The Bertz CT molecular complexity index is 1010. The fourth-order valence-corrected chi connectivity index (χ4v) is 4.51. The van der Waals surface area contributed by atoms with Gasteiger partial charge in [-0.2, -0.15) is 0 Å². The van der Waals surface area contributed by atoms with Crippen molar-refractivity contribution in [1.29, 1.82) is 0 Å². The number of carbonyl (C=O) groups is 2. The highest BCUT2D eigenvalue weighted by Gasteiger charge is 2.62. The van der Waals surface area contributed by atoms with E-state index in [1.54, 1.807) is 0 Å². The molecule has 2 bridgehead atoms. The smallest absolute Gasteiger partial charge is 0.271 e. The third kappa shape index (κ3) is 4.46. The van der Waals surface area contributed by atoms with Gasteiger partial charge in [0.1, 0.15) is 23.4 Å². The van der Waals surface area contributed by atoms with Crippen LogP contribution in [0.1, 0.15) is 55.0 Å². The number of nitrogens with zero attached hydrogens (tertiary/aromatic N) is 2. The molecule has 0 spiro atoms. The number of rotatable bonds is 7. The third-order valence-corrected chi connectivity index (χ3v) is 6.10. The molecule has 1 aromatic carbocycles. The molecular formula is C21H21ClF2N4O3. The number of benzene rings is 1. The first kappa shape index (κ1) is 21.4. The number of hydrogen-bond acceptors (Lipinski definition) is 5. The standard InChI is InChI=1S/C21H21ClF2N4O3/c1-12(23)16-7-26-17(8-25-16)19(30)28-21-5-4-20(10-21,11-21)27-18(29)9-31-13-2-3-14(22)15(24)6-13/h2-3,6-8,12H,4-5,9-11H2,1H3,(H,27,29)(H,28,30). The Kier molecular flexibility index (Phi) is 5.55. The van der Waals surface area contributed by atoms with Gasteiger partial charge in [-0.25, -0.2) is 13.8 Å². The molecule has 1 heterocycles. The van der Waals surface area contributed by atoms with Crippen molar-refractivity contribution in [2.45, 2.75) is 49.9 Å². The Morgan fingerprint density at radius 1 is 1.19 bits per heavy atom. The van der Waals surface area contributed by atoms with Gasteiger partial charge >= 0.3 is 0 Å². The largest absolute Gasteiger partial charge is 0.484 e. The summed E-state index contributed by atoms with van der Waals surface area (Å²) in [5.41, 5.74) is -0.503. The average Bonchev–Trinajstić information content (AvgIpc) is 3.23. The highest BCUT2D eigenvalue weighted by Crippen LogP contribution is 2.55. The summed E-state index contributed by atoms with van der Waals surface area (Å²) in [5.74, 6) is -1.10. The van der Waals surface area contributed by atoms with Gasteiger partial charge in [0.15, 0.2) is 6.61 Å². The second-order valence-corrected chi connectivity index (χ2v) is 8.63. The first-order valence-electron chi connectivity index (χ1n) is 9.87. The quantitative estimate of drug-likeness (QED) is 0.675. The van der Waals surface area contributed by atoms with Gasteiger partial charge < -0.3 is 15.4 Å². The number of aromatic nitrogens is 2. The second-order valence-electron chi connectivity index (χ2n) is 8.22. The van der Waals surface area contributed by atoms with E-state index in [-0.39, 0.29) is 40.6 Å². The number of halogens is 3. The highest BCUT2D eigenvalue weighted by molar-refractivity contribution is 6.30. The van der Waals surface area contributed by atoms with Gasteiger partial charge in [-0.3, -0.25) is 14.6 Å². The van der Waals surface area contributed by atoms with Crippen LogP contribution >= 0.6 is 11.6 Å². The predicted octanol–water partition coefficient (Wildman–Crippen LogP) is 3.29. The van der Waals surface area contributed by atoms with E-state index in [0.717, 1.165) is 18.9 Å². The topological polar surface area (TPSA) is 93.2 Å². The predicted molar refractivity (Wildman–Crippen MR) is 108 cm³/mol. The van der Waals surface area contributed by atoms with Crippen LogP contribution in [0.15, 0.2) is 30.6 Å². The summed E-state index contributed by atoms with van der Waals surface area (Å²) in [6.07, 6.45) is 3.89. The molecule has 0 saturated heterocycles. The minimum absolute atomic E-state index is 0.0200. The summed E-state index contributed by atoms with van der Waals surface area (Å²) >= 11 is 5.63. The maximum atomic E-state index is 13.5. The van der Waals surface area contributed by atoms with Crippen LogP contribution in [-0.4, -0.2) is 39.5 Å². The first-order valence-corrected chi connectivity index (χ1v) is 10.2. The second kappa shape index (κ2) is 8.03. The maximum absolute atomic E-state index is 13.5. The molecule has 3 aliphatic carbocycles. The van der Waals surface area contributed by atoms with E-state index >= 15 is 0 Å². The Balaban J connectivity index is 1.28. The van der Waals surface area contributed by atoms with E-state index in [1.807, 2.05) is 0 Å². The van der Waals surface area contributed by atoms with Crippen molar-refractivity contribution in [1.82, 2.24) is 20.6 Å². The lowest BCUT2D eigenvalue weighted by molar-refractivity contribution is -0.126. The number of amides is 2. The molecule has 5 rings (SSSR count). The average molecular weight is 451 g/mol. The fraction of sp³-hybridized carbons (Fsp3) is 0.429. The van der Waals surface area contributed by atoms with Crippen LogP contribution in [-0.2, 0) is 4.79 Å². The lowest BCUT2D eigenvalue weighted by Gasteiger charge is -2.48. The molecule has 3 fully saturated rings.